The lowest BCUT2D eigenvalue weighted by Gasteiger charge is -2.10. The van der Waals surface area contributed by atoms with E-state index in [1.165, 1.54) is 0 Å². The van der Waals surface area contributed by atoms with Crippen molar-refractivity contribution in [2.24, 2.45) is 0 Å². The molecular weight excluding hydrogens is 271 g/mol. The van der Waals surface area contributed by atoms with E-state index in [-0.39, 0.29) is 0 Å². The molecule has 2 aromatic carbocycles. The van der Waals surface area contributed by atoms with Crippen molar-refractivity contribution in [1.29, 1.82) is 5.26 Å². The van der Waals surface area contributed by atoms with Gasteiger partial charge in [0.25, 0.3) is 0 Å². The molecule has 0 amide bonds. The van der Waals surface area contributed by atoms with Gasteiger partial charge < -0.3 is 10.5 Å². The van der Waals surface area contributed by atoms with E-state index in [0.717, 1.165) is 0 Å². The van der Waals surface area contributed by atoms with E-state index in [4.69, 9.17) is 38.9 Å². The van der Waals surface area contributed by atoms with Gasteiger partial charge in [0.1, 0.15) is 5.75 Å². The second kappa shape index (κ2) is 5.18. The highest BCUT2D eigenvalue weighted by atomic mass is 35.5. The van der Waals surface area contributed by atoms with E-state index in [9.17, 15) is 0 Å². The van der Waals surface area contributed by atoms with Crippen molar-refractivity contribution in [1.82, 2.24) is 0 Å². The third-order valence-corrected chi connectivity index (χ3v) is 2.79. The molecule has 0 atom stereocenters. The van der Waals surface area contributed by atoms with Crippen molar-refractivity contribution in [2.75, 3.05) is 5.73 Å². The average molecular weight is 279 g/mol. The fraction of sp³-hybridized carbons (Fsp3) is 0. The van der Waals surface area contributed by atoms with Crippen LogP contribution >= 0.6 is 23.2 Å². The van der Waals surface area contributed by atoms with Crippen LogP contribution in [0, 0.1) is 11.3 Å². The van der Waals surface area contributed by atoms with Crippen molar-refractivity contribution in [3.05, 3.63) is 52.0 Å². The van der Waals surface area contributed by atoms with Crippen LogP contribution in [0.1, 0.15) is 5.56 Å². The second-order valence-electron chi connectivity index (χ2n) is 3.55. The molecule has 0 aliphatic heterocycles. The molecule has 2 N–H and O–H groups in total. The highest BCUT2D eigenvalue weighted by Crippen LogP contribution is 2.38. The Morgan fingerprint density at radius 1 is 1.06 bits per heavy atom. The summed E-state index contributed by atoms with van der Waals surface area (Å²) in [5, 5.41) is 9.36. The Bertz CT molecular complexity index is 595. The summed E-state index contributed by atoms with van der Waals surface area (Å²) in [6, 6.07) is 11.8. The van der Waals surface area contributed by atoms with Gasteiger partial charge in [0, 0.05) is 5.69 Å². The molecule has 0 aromatic heterocycles. The lowest BCUT2D eigenvalue weighted by atomic mass is 10.2. The minimum Gasteiger partial charge on any atom is -0.454 e. The first kappa shape index (κ1) is 12.6. The number of hydrogen-bond acceptors (Lipinski definition) is 3. The Balaban J connectivity index is 2.31. The minimum absolute atomic E-state index is 0.337. The van der Waals surface area contributed by atoms with Crippen LogP contribution in [0.5, 0.6) is 11.5 Å². The molecule has 18 heavy (non-hydrogen) atoms. The van der Waals surface area contributed by atoms with Crippen LogP contribution < -0.4 is 10.5 Å². The monoisotopic (exact) mass is 278 g/mol. The zero-order valence-corrected chi connectivity index (χ0v) is 10.7. The first-order valence-electron chi connectivity index (χ1n) is 5.02. The maximum absolute atomic E-state index is 8.69. The van der Waals surface area contributed by atoms with Gasteiger partial charge >= 0.3 is 0 Å². The molecule has 0 aliphatic rings. The highest BCUT2D eigenvalue weighted by molar-refractivity contribution is 6.37. The molecule has 0 bridgehead atoms. The van der Waals surface area contributed by atoms with Gasteiger partial charge in [0.05, 0.1) is 21.7 Å². The summed E-state index contributed by atoms with van der Waals surface area (Å²) in [4.78, 5) is 0. The van der Waals surface area contributed by atoms with Gasteiger partial charge in [-0.25, -0.2) is 0 Å². The molecule has 0 fully saturated rings. The molecule has 0 saturated carbocycles. The Kier molecular flexibility index (Phi) is 3.61. The van der Waals surface area contributed by atoms with Crippen LogP contribution in [-0.4, -0.2) is 0 Å². The molecular formula is C13H8Cl2N2O. The number of rotatable bonds is 2. The van der Waals surface area contributed by atoms with Gasteiger partial charge in [-0.15, -0.1) is 0 Å². The predicted molar refractivity (Wildman–Crippen MR) is 72.1 cm³/mol. The first-order valence-corrected chi connectivity index (χ1v) is 5.78. The predicted octanol–water partition coefficient (Wildman–Crippen LogP) is 4.24. The number of ether oxygens (including phenoxy) is 1. The Morgan fingerprint density at radius 3 is 2.11 bits per heavy atom. The van der Waals surface area contributed by atoms with Crippen LogP contribution in [0.25, 0.3) is 0 Å². The quantitative estimate of drug-likeness (QED) is 0.836. The Morgan fingerprint density at radius 2 is 1.61 bits per heavy atom. The van der Waals surface area contributed by atoms with E-state index in [1.807, 2.05) is 6.07 Å². The van der Waals surface area contributed by atoms with Crippen LogP contribution in [0.2, 0.25) is 10.0 Å². The summed E-state index contributed by atoms with van der Waals surface area (Å²) in [5.74, 6) is 0.889. The molecule has 0 saturated heterocycles. The fourth-order valence-corrected chi connectivity index (χ4v) is 1.97. The van der Waals surface area contributed by atoms with E-state index < -0.39 is 0 Å². The SMILES string of the molecule is N#Cc1ccc(Oc2c(Cl)cc(N)cc2Cl)cc1. The van der Waals surface area contributed by atoms with Crippen molar-refractivity contribution in [2.45, 2.75) is 0 Å². The van der Waals surface area contributed by atoms with E-state index in [0.29, 0.717) is 32.8 Å². The van der Waals surface area contributed by atoms with Crippen LogP contribution in [-0.2, 0) is 0 Å². The van der Waals surface area contributed by atoms with Crippen molar-refractivity contribution in [3.8, 4) is 17.6 Å². The van der Waals surface area contributed by atoms with Gasteiger partial charge in [-0.2, -0.15) is 5.26 Å². The van der Waals surface area contributed by atoms with Gasteiger partial charge in [0.15, 0.2) is 5.75 Å². The molecule has 2 aromatic rings. The van der Waals surface area contributed by atoms with Crippen LogP contribution in [0.15, 0.2) is 36.4 Å². The smallest absolute Gasteiger partial charge is 0.164 e. The third-order valence-electron chi connectivity index (χ3n) is 2.22. The largest absolute Gasteiger partial charge is 0.454 e. The number of benzene rings is 2. The fourth-order valence-electron chi connectivity index (χ4n) is 1.39. The number of nitrogens with two attached hydrogens (primary N) is 1. The summed E-state index contributed by atoms with van der Waals surface area (Å²) in [6.45, 7) is 0. The molecule has 2 rings (SSSR count). The van der Waals surface area contributed by atoms with Gasteiger partial charge in [-0.1, -0.05) is 23.2 Å². The summed E-state index contributed by atoms with van der Waals surface area (Å²) >= 11 is 12.0. The summed E-state index contributed by atoms with van der Waals surface area (Å²) < 4.78 is 5.57. The zero-order valence-electron chi connectivity index (χ0n) is 9.15. The van der Waals surface area contributed by atoms with Crippen molar-refractivity contribution in [3.63, 3.8) is 0 Å². The maximum Gasteiger partial charge on any atom is 0.164 e. The zero-order chi connectivity index (χ0) is 13.1. The molecule has 90 valence electrons. The average Bonchev–Trinajstić information content (AvgIpc) is 2.34. The van der Waals surface area contributed by atoms with E-state index >= 15 is 0 Å². The number of hydrogen-bond donors (Lipinski definition) is 1. The number of anilines is 1. The Hall–Kier alpha value is -1.89. The molecule has 0 spiro atoms. The lowest BCUT2D eigenvalue weighted by Crippen LogP contribution is -1.90. The summed E-state index contributed by atoms with van der Waals surface area (Å²) in [5.41, 5.74) is 6.62. The van der Waals surface area contributed by atoms with Gasteiger partial charge in [-0.05, 0) is 36.4 Å². The number of nitrogen functional groups attached to an aromatic ring is 1. The molecule has 0 radical (unpaired) electrons. The van der Waals surface area contributed by atoms with Crippen molar-refractivity contribution < 1.29 is 4.74 Å². The number of nitriles is 1. The van der Waals surface area contributed by atoms with Crippen molar-refractivity contribution >= 4 is 28.9 Å². The van der Waals surface area contributed by atoms with Crippen LogP contribution in [0.3, 0.4) is 0 Å². The van der Waals surface area contributed by atoms with E-state index in [2.05, 4.69) is 0 Å². The highest BCUT2D eigenvalue weighted by Gasteiger charge is 2.09. The molecule has 5 heteroatoms. The van der Waals surface area contributed by atoms with Gasteiger partial charge in [0.2, 0.25) is 0 Å². The number of halogens is 2. The normalized spacial score (nSPS) is 9.83. The second-order valence-corrected chi connectivity index (χ2v) is 4.37. The molecule has 3 nitrogen and oxygen atoms in total. The maximum atomic E-state index is 8.69. The third kappa shape index (κ3) is 2.67. The molecule has 0 heterocycles. The standard InChI is InChI=1S/C13H8Cl2N2O/c14-11-5-9(17)6-12(15)13(11)18-10-3-1-8(7-16)2-4-10/h1-6H,17H2. The molecule has 0 aliphatic carbocycles. The number of nitrogens with zero attached hydrogens (tertiary/aromatic N) is 1. The minimum atomic E-state index is 0.337. The van der Waals surface area contributed by atoms with Crippen LogP contribution in [0.4, 0.5) is 5.69 Å². The van der Waals surface area contributed by atoms with E-state index in [1.54, 1.807) is 36.4 Å². The lowest BCUT2D eigenvalue weighted by molar-refractivity contribution is 0.483. The summed E-state index contributed by atoms with van der Waals surface area (Å²) in [6.07, 6.45) is 0. The topological polar surface area (TPSA) is 59.0 Å². The first-order chi connectivity index (χ1) is 8.60. The molecule has 0 unspecified atom stereocenters. The Labute approximate surface area is 114 Å². The van der Waals surface area contributed by atoms with Gasteiger partial charge in [-0.3, -0.25) is 0 Å². The summed E-state index contributed by atoms with van der Waals surface area (Å²) in [7, 11) is 0.